The molecule has 0 fully saturated rings. The van der Waals surface area contributed by atoms with E-state index in [9.17, 15) is 9.59 Å². The molecule has 0 atom stereocenters. The summed E-state index contributed by atoms with van der Waals surface area (Å²) in [6.07, 6.45) is 2.97. The van der Waals surface area contributed by atoms with E-state index < -0.39 is 0 Å². The van der Waals surface area contributed by atoms with Crippen molar-refractivity contribution in [1.29, 1.82) is 0 Å². The number of aromatic nitrogens is 4. The molecule has 7 heteroatoms. The van der Waals surface area contributed by atoms with Crippen molar-refractivity contribution in [2.45, 2.75) is 12.3 Å². The molecule has 162 valence electrons. The van der Waals surface area contributed by atoms with E-state index in [1.165, 1.54) is 12.5 Å². The number of rotatable bonds is 6. The molecule has 7 nitrogen and oxygen atoms in total. The zero-order valence-corrected chi connectivity index (χ0v) is 17.7. The molecule has 0 aliphatic heterocycles. The van der Waals surface area contributed by atoms with Gasteiger partial charge < -0.3 is 0 Å². The first-order chi connectivity index (χ1) is 16.2. The van der Waals surface area contributed by atoms with Gasteiger partial charge in [-0.1, -0.05) is 78.9 Å². The summed E-state index contributed by atoms with van der Waals surface area (Å²) in [5.41, 5.74) is 5.60. The van der Waals surface area contributed by atoms with Crippen LogP contribution < -0.4 is 11.0 Å². The minimum Gasteiger partial charge on any atom is -0.273 e. The summed E-state index contributed by atoms with van der Waals surface area (Å²) < 4.78 is 2.72. The predicted octanol–water partition coefficient (Wildman–Crippen LogP) is 3.87. The van der Waals surface area contributed by atoms with Crippen LogP contribution in [0.2, 0.25) is 0 Å². The lowest BCUT2D eigenvalue weighted by atomic mass is 9.88. The van der Waals surface area contributed by atoms with Crippen LogP contribution >= 0.6 is 0 Å². The van der Waals surface area contributed by atoms with Crippen LogP contribution in [0.3, 0.4) is 0 Å². The zero-order valence-electron chi connectivity index (χ0n) is 17.7. The molecule has 2 heterocycles. The standard InChI is InChI=1S/C26H21N5O2/c32-24(16-22(19-10-4-1-5-11-19)20-12-6-2-7-13-20)29-30-18-27-25-23(26(30)33)17-28-31(25)21-14-8-3-9-15-21/h1-15,17-18,22H,16H2,(H,29,32). The molecule has 1 amide bonds. The molecule has 0 unspecified atom stereocenters. The maximum Gasteiger partial charge on any atom is 0.283 e. The number of carbonyl (C=O) groups is 1. The zero-order chi connectivity index (χ0) is 22.6. The number of hydrogen-bond donors (Lipinski definition) is 1. The van der Waals surface area contributed by atoms with E-state index in [0.717, 1.165) is 21.5 Å². The van der Waals surface area contributed by atoms with E-state index >= 15 is 0 Å². The fourth-order valence-corrected chi connectivity index (χ4v) is 3.91. The highest BCUT2D eigenvalue weighted by atomic mass is 16.2. The molecule has 0 spiro atoms. The molecule has 3 aromatic carbocycles. The topological polar surface area (TPSA) is 81.8 Å². The lowest BCUT2D eigenvalue weighted by Crippen LogP contribution is -2.33. The summed E-state index contributed by atoms with van der Waals surface area (Å²) in [5.74, 6) is -0.424. The fraction of sp³-hybridized carbons (Fsp3) is 0.0769. The highest BCUT2D eigenvalue weighted by Crippen LogP contribution is 2.27. The smallest absolute Gasteiger partial charge is 0.273 e. The average molecular weight is 435 g/mol. The van der Waals surface area contributed by atoms with Crippen molar-refractivity contribution in [2.75, 3.05) is 5.43 Å². The number of fused-ring (bicyclic) bond motifs is 1. The minimum absolute atomic E-state index is 0.138. The Bertz CT molecular complexity index is 1400. The first-order valence-electron chi connectivity index (χ1n) is 10.6. The molecule has 0 saturated carbocycles. The number of para-hydroxylation sites is 1. The lowest BCUT2D eigenvalue weighted by Gasteiger charge is -2.18. The summed E-state index contributed by atoms with van der Waals surface area (Å²) in [6.45, 7) is 0. The Morgan fingerprint density at radius 1 is 0.848 bits per heavy atom. The van der Waals surface area contributed by atoms with Gasteiger partial charge in [-0.15, -0.1) is 0 Å². The Morgan fingerprint density at radius 3 is 2.03 bits per heavy atom. The van der Waals surface area contributed by atoms with Crippen molar-refractivity contribution in [3.05, 3.63) is 125 Å². The minimum atomic E-state index is -0.383. The molecular formula is C26H21N5O2. The van der Waals surface area contributed by atoms with Crippen molar-refractivity contribution < 1.29 is 4.79 Å². The largest absolute Gasteiger partial charge is 0.283 e. The molecule has 0 aliphatic rings. The van der Waals surface area contributed by atoms with Gasteiger partial charge in [-0.05, 0) is 23.3 Å². The highest BCUT2D eigenvalue weighted by Gasteiger charge is 2.19. The number of amides is 1. The summed E-state index contributed by atoms with van der Waals surface area (Å²) >= 11 is 0. The molecule has 33 heavy (non-hydrogen) atoms. The lowest BCUT2D eigenvalue weighted by molar-refractivity contribution is -0.117. The van der Waals surface area contributed by atoms with E-state index in [-0.39, 0.29) is 23.8 Å². The van der Waals surface area contributed by atoms with Crippen molar-refractivity contribution >= 4 is 16.9 Å². The van der Waals surface area contributed by atoms with E-state index in [2.05, 4.69) is 15.5 Å². The van der Waals surface area contributed by atoms with Gasteiger partial charge >= 0.3 is 0 Å². The molecule has 1 N–H and O–H groups in total. The third-order valence-corrected chi connectivity index (χ3v) is 5.53. The Hall–Kier alpha value is -4.52. The van der Waals surface area contributed by atoms with Crippen molar-refractivity contribution in [1.82, 2.24) is 19.4 Å². The Balaban J connectivity index is 1.41. The second-order valence-corrected chi connectivity index (χ2v) is 7.66. The van der Waals surface area contributed by atoms with Gasteiger partial charge in [0.2, 0.25) is 5.91 Å². The second kappa shape index (κ2) is 8.92. The second-order valence-electron chi connectivity index (χ2n) is 7.66. The van der Waals surface area contributed by atoms with E-state index in [0.29, 0.717) is 11.0 Å². The van der Waals surface area contributed by atoms with Crippen molar-refractivity contribution in [2.24, 2.45) is 0 Å². The summed E-state index contributed by atoms with van der Waals surface area (Å²) in [6, 6.07) is 29.2. The van der Waals surface area contributed by atoms with Gasteiger partial charge in [0.05, 0.1) is 11.9 Å². The van der Waals surface area contributed by atoms with E-state index in [1.54, 1.807) is 4.68 Å². The maximum absolute atomic E-state index is 13.0. The summed E-state index contributed by atoms with van der Waals surface area (Å²) in [4.78, 5) is 30.3. The normalized spacial score (nSPS) is 11.1. The molecule has 0 aliphatic carbocycles. The molecule has 5 aromatic rings. The third-order valence-electron chi connectivity index (χ3n) is 5.53. The van der Waals surface area contributed by atoms with Crippen LogP contribution in [0.1, 0.15) is 23.5 Å². The fourth-order valence-electron chi connectivity index (χ4n) is 3.91. The Labute approximate surface area is 189 Å². The number of carbonyl (C=O) groups excluding carboxylic acids is 1. The van der Waals surface area contributed by atoms with Crippen molar-refractivity contribution in [3.8, 4) is 5.69 Å². The van der Waals surface area contributed by atoms with Gasteiger partial charge in [0.25, 0.3) is 5.56 Å². The molecule has 0 saturated heterocycles. The number of nitrogens with one attached hydrogen (secondary N) is 1. The SMILES string of the molecule is O=C(CC(c1ccccc1)c1ccccc1)Nn1cnc2c(cnn2-c2ccccc2)c1=O. The van der Waals surface area contributed by atoms with Crippen LogP contribution in [0, 0.1) is 0 Å². The van der Waals surface area contributed by atoms with Gasteiger partial charge in [0.1, 0.15) is 11.7 Å². The van der Waals surface area contributed by atoms with Gasteiger partial charge in [-0.25, -0.2) is 14.3 Å². The summed E-state index contributed by atoms with van der Waals surface area (Å²) in [7, 11) is 0. The molecule has 0 radical (unpaired) electrons. The molecular weight excluding hydrogens is 414 g/mol. The van der Waals surface area contributed by atoms with E-state index in [4.69, 9.17) is 0 Å². The van der Waals surface area contributed by atoms with Gasteiger partial charge in [-0.3, -0.25) is 15.0 Å². The Morgan fingerprint density at radius 2 is 1.42 bits per heavy atom. The molecule has 5 rings (SSSR count). The maximum atomic E-state index is 13.0. The first-order valence-corrected chi connectivity index (χ1v) is 10.6. The monoisotopic (exact) mass is 435 g/mol. The van der Waals surface area contributed by atoms with Crippen molar-refractivity contribution in [3.63, 3.8) is 0 Å². The van der Waals surface area contributed by atoms with Gasteiger partial charge in [-0.2, -0.15) is 5.10 Å². The van der Waals surface area contributed by atoms with E-state index in [1.807, 2.05) is 91.0 Å². The number of benzene rings is 3. The predicted molar refractivity (Wildman–Crippen MR) is 127 cm³/mol. The number of nitrogens with zero attached hydrogens (tertiary/aromatic N) is 4. The molecule has 0 bridgehead atoms. The van der Waals surface area contributed by atoms with Crippen LogP contribution in [0.25, 0.3) is 16.7 Å². The van der Waals surface area contributed by atoms with Crippen LogP contribution in [0.15, 0.2) is 108 Å². The third kappa shape index (κ3) is 4.16. The average Bonchev–Trinajstić information content (AvgIpc) is 3.31. The summed E-state index contributed by atoms with van der Waals surface area (Å²) in [5, 5.41) is 4.63. The van der Waals surface area contributed by atoms with Gasteiger partial charge in [0.15, 0.2) is 5.65 Å². The molecule has 2 aromatic heterocycles. The quantitative estimate of drug-likeness (QED) is 0.439. The van der Waals surface area contributed by atoms with Crippen LogP contribution in [0.5, 0.6) is 0 Å². The number of hydrogen-bond acceptors (Lipinski definition) is 4. The van der Waals surface area contributed by atoms with Crippen LogP contribution in [0.4, 0.5) is 0 Å². The van der Waals surface area contributed by atoms with Crippen LogP contribution in [-0.4, -0.2) is 25.3 Å². The van der Waals surface area contributed by atoms with Crippen LogP contribution in [-0.2, 0) is 4.79 Å². The highest BCUT2D eigenvalue weighted by molar-refractivity contribution is 5.85. The van der Waals surface area contributed by atoms with Gasteiger partial charge in [0, 0.05) is 12.3 Å². The first kappa shape index (κ1) is 20.4. The Kier molecular flexibility index (Phi) is 5.51.